The van der Waals surface area contributed by atoms with Gasteiger partial charge in [-0.25, -0.2) is 0 Å². The van der Waals surface area contributed by atoms with Gasteiger partial charge in [0.15, 0.2) is 0 Å². The number of amides is 1. The molecule has 2 bridgehead atoms. The number of carboxylic acids is 1. The third kappa shape index (κ3) is 1.61. The smallest absolute Gasteiger partial charge is 0.310 e. The van der Waals surface area contributed by atoms with Crippen LogP contribution in [0.1, 0.15) is 0 Å². The van der Waals surface area contributed by atoms with Crippen LogP contribution in [-0.2, 0) is 14.3 Å². The Labute approximate surface area is 125 Å². The summed E-state index contributed by atoms with van der Waals surface area (Å²) in [5.41, 5.74) is -0.145. The Bertz CT molecular complexity index is 688. The monoisotopic (exact) mass is 305 g/mol. The van der Waals surface area contributed by atoms with E-state index in [9.17, 15) is 14.7 Å². The highest BCUT2D eigenvalue weighted by atomic mass is 35.5. The SMILES string of the molecule is O=C(O)[C@@H]1[C@H]2C=C[C@]3(CN(c4cccc(Cl)c4)C(=O)[C@@H]13)O2. The van der Waals surface area contributed by atoms with Gasteiger partial charge in [0, 0.05) is 10.7 Å². The highest BCUT2D eigenvalue weighted by Gasteiger charge is 2.67. The summed E-state index contributed by atoms with van der Waals surface area (Å²) in [5.74, 6) is -2.68. The van der Waals surface area contributed by atoms with Crippen LogP contribution >= 0.6 is 11.6 Å². The molecule has 108 valence electrons. The number of ether oxygens (including phenoxy) is 1. The van der Waals surface area contributed by atoms with Gasteiger partial charge in [-0.3, -0.25) is 9.59 Å². The Hall–Kier alpha value is -1.85. The molecule has 3 aliphatic rings. The van der Waals surface area contributed by atoms with Crippen LogP contribution < -0.4 is 4.90 Å². The maximum atomic E-state index is 12.7. The number of rotatable bonds is 2. The Kier molecular flexibility index (Phi) is 2.50. The predicted molar refractivity (Wildman–Crippen MR) is 75.2 cm³/mol. The Balaban J connectivity index is 1.75. The average Bonchev–Trinajstić information content (AvgIpc) is 3.07. The molecule has 4 rings (SSSR count). The van der Waals surface area contributed by atoms with E-state index >= 15 is 0 Å². The number of fused-ring (bicyclic) bond motifs is 1. The van der Waals surface area contributed by atoms with Crippen LogP contribution in [0.5, 0.6) is 0 Å². The molecule has 0 radical (unpaired) electrons. The number of benzene rings is 1. The van der Waals surface area contributed by atoms with E-state index in [-0.39, 0.29) is 5.91 Å². The van der Waals surface area contributed by atoms with Gasteiger partial charge in [-0.05, 0) is 18.2 Å². The molecule has 0 saturated carbocycles. The normalized spacial score (nSPS) is 36.3. The van der Waals surface area contributed by atoms with Crippen molar-refractivity contribution in [3.05, 3.63) is 41.4 Å². The van der Waals surface area contributed by atoms with Crippen molar-refractivity contribution in [3.8, 4) is 0 Å². The molecule has 6 heteroatoms. The zero-order chi connectivity index (χ0) is 14.8. The van der Waals surface area contributed by atoms with Crippen molar-refractivity contribution < 1.29 is 19.4 Å². The predicted octanol–water partition coefficient (Wildman–Crippen LogP) is 1.71. The molecule has 1 amide bonds. The van der Waals surface area contributed by atoms with Crippen LogP contribution in [0.15, 0.2) is 36.4 Å². The first-order valence-corrected chi connectivity index (χ1v) is 7.07. The van der Waals surface area contributed by atoms with Crippen LogP contribution in [0.4, 0.5) is 5.69 Å². The molecule has 2 saturated heterocycles. The van der Waals surface area contributed by atoms with E-state index in [0.717, 1.165) is 0 Å². The minimum absolute atomic E-state index is 0.212. The Morgan fingerprint density at radius 2 is 2.29 bits per heavy atom. The number of carbonyl (C=O) groups is 2. The van der Waals surface area contributed by atoms with Gasteiger partial charge in [0.25, 0.3) is 0 Å². The van der Waals surface area contributed by atoms with Gasteiger partial charge >= 0.3 is 5.97 Å². The third-order valence-corrected chi connectivity index (χ3v) is 4.74. The molecule has 0 aromatic heterocycles. The first-order chi connectivity index (χ1) is 10.0. The number of carbonyl (C=O) groups excluding carboxylic acids is 1. The van der Waals surface area contributed by atoms with Gasteiger partial charge in [-0.1, -0.05) is 29.8 Å². The van der Waals surface area contributed by atoms with Gasteiger partial charge < -0.3 is 14.7 Å². The molecular weight excluding hydrogens is 294 g/mol. The lowest BCUT2D eigenvalue weighted by Gasteiger charge is -2.21. The second kappa shape index (κ2) is 4.08. The van der Waals surface area contributed by atoms with Crippen LogP contribution in [-0.4, -0.2) is 35.2 Å². The third-order valence-electron chi connectivity index (χ3n) is 4.51. The summed E-state index contributed by atoms with van der Waals surface area (Å²) >= 11 is 5.97. The van der Waals surface area contributed by atoms with E-state index in [1.165, 1.54) is 0 Å². The maximum absolute atomic E-state index is 12.7. The van der Waals surface area contributed by atoms with Crippen molar-refractivity contribution in [1.29, 1.82) is 0 Å². The molecule has 1 spiro atoms. The van der Waals surface area contributed by atoms with Gasteiger partial charge in [0.05, 0.1) is 18.6 Å². The van der Waals surface area contributed by atoms with Crippen molar-refractivity contribution in [2.75, 3.05) is 11.4 Å². The van der Waals surface area contributed by atoms with E-state index < -0.39 is 29.5 Å². The summed E-state index contributed by atoms with van der Waals surface area (Å²) in [5, 5.41) is 9.92. The summed E-state index contributed by atoms with van der Waals surface area (Å²) in [6.07, 6.45) is 3.09. The fourth-order valence-corrected chi connectivity index (χ4v) is 3.83. The Morgan fingerprint density at radius 3 is 3.00 bits per heavy atom. The molecule has 21 heavy (non-hydrogen) atoms. The van der Waals surface area contributed by atoms with Crippen LogP contribution in [0, 0.1) is 11.8 Å². The molecule has 1 N–H and O–H groups in total. The van der Waals surface area contributed by atoms with Gasteiger partial charge in [0.2, 0.25) is 5.91 Å². The molecule has 4 atom stereocenters. The molecule has 5 nitrogen and oxygen atoms in total. The maximum Gasteiger partial charge on any atom is 0.310 e. The van der Waals surface area contributed by atoms with Crippen molar-refractivity contribution >= 4 is 29.2 Å². The number of nitrogens with zero attached hydrogens (tertiary/aromatic N) is 1. The first kappa shape index (κ1) is 12.9. The molecule has 3 heterocycles. The molecule has 0 unspecified atom stereocenters. The first-order valence-electron chi connectivity index (χ1n) is 6.69. The molecule has 2 fully saturated rings. The van der Waals surface area contributed by atoms with Crippen molar-refractivity contribution in [1.82, 2.24) is 0 Å². The van der Waals surface area contributed by atoms with Crippen molar-refractivity contribution in [3.63, 3.8) is 0 Å². The number of aliphatic carboxylic acids is 1. The molecule has 0 aliphatic carbocycles. The van der Waals surface area contributed by atoms with E-state index in [0.29, 0.717) is 17.3 Å². The fourth-order valence-electron chi connectivity index (χ4n) is 3.64. The standard InChI is InChI=1S/C15H12ClNO4/c16-8-2-1-3-9(6-8)17-7-15-5-4-10(21-15)11(14(19)20)12(15)13(17)18/h1-6,10-12H,7H2,(H,19,20)/t10-,11-,12-,15-/m1/s1. The lowest BCUT2D eigenvalue weighted by Crippen LogP contribution is -2.39. The summed E-state index contributed by atoms with van der Waals surface area (Å²) in [7, 11) is 0. The minimum atomic E-state index is -0.988. The summed E-state index contributed by atoms with van der Waals surface area (Å²) in [6.45, 7) is 0.327. The zero-order valence-corrected chi connectivity index (χ0v) is 11.7. The summed E-state index contributed by atoms with van der Waals surface area (Å²) < 4.78 is 5.82. The molecule has 1 aromatic rings. The second-order valence-corrected chi connectivity index (χ2v) is 6.08. The van der Waals surface area contributed by atoms with Crippen molar-refractivity contribution in [2.24, 2.45) is 11.8 Å². The van der Waals surface area contributed by atoms with E-state index in [1.54, 1.807) is 35.2 Å². The summed E-state index contributed by atoms with van der Waals surface area (Å²) in [4.78, 5) is 25.7. The van der Waals surface area contributed by atoms with Gasteiger partial charge in [-0.15, -0.1) is 0 Å². The molecular formula is C15H12ClNO4. The lowest BCUT2D eigenvalue weighted by atomic mass is 9.77. The largest absolute Gasteiger partial charge is 0.481 e. The molecule has 1 aromatic carbocycles. The van der Waals surface area contributed by atoms with E-state index in [4.69, 9.17) is 16.3 Å². The topological polar surface area (TPSA) is 66.8 Å². The van der Waals surface area contributed by atoms with E-state index in [1.807, 2.05) is 6.08 Å². The highest BCUT2D eigenvalue weighted by Crippen LogP contribution is 2.52. The Morgan fingerprint density at radius 1 is 1.48 bits per heavy atom. The quantitative estimate of drug-likeness (QED) is 0.845. The minimum Gasteiger partial charge on any atom is -0.481 e. The van der Waals surface area contributed by atoms with Crippen LogP contribution in [0.25, 0.3) is 0 Å². The number of halogens is 1. The zero-order valence-electron chi connectivity index (χ0n) is 10.9. The van der Waals surface area contributed by atoms with Gasteiger partial charge in [0.1, 0.15) is 11.5 Å². The van der Waals surface area contributed by atoms with Crippen molar-refractivity contribution in [2.45, 2.75) is 11.7 Å². The van der Waals surface area contributed by atoms with E-state index in [2.05, 4.69) is 0 Å². The number of anilines is 1. The van der Waals surface area contributed by atoms with Crippen LogP contribution in [0.2, 0.25) is 5.02 Å². The van der Waals surface area contributed by atoms with Crippen LogP contribution in [0.3, 0.4) is 0 Å². The number of hydrogen-bond donors (Lipinski definition) is 1. The highest BCUT2D eigenvalue weighted by molar-refractivity contribution is 6.31. The number of carboxylic acid groups (broad SMARTS) is 1. The second-order valence-electron chi connectivity index (χ2n) is 5.64. The molecule has 3 aliphatic heterocycles. The number of hydrogen-bond acceptors (Lipinski definition) is 3. The summed E-state index contributed by atoms with van der Waals surface area (Å²) in [6, 6.07) is 6.97. The van der Waals surface area contributed by atoms with Gasteiger partial charge in [-0.2, -0.15) is 0 Å². The lowest BCUT2D eigenvalue weighted by molar-refractivity contribution is -0.146. The average molecular weight is 306 g/mol. The fraction of sp³-hybridized carbons (Fsp3) is 0.333.